The van der Waals surface area contributed by atoms with Gasteiger partial charge in [0.1, 0.15) is 0 Å². The van der Waals surface area contributed by atoms with Crippen molar-refractivity contribution in [3.05, 3.63) is 27.3 Å². The molecule has 1 atom stereocenters. The highest BCUT2D eigenvalue weighted by Crippen LogP contribution is 2.36. The number of nitrogens with zero attached hydrogens (tertiary/aromatic N) is 2. The molecule has 0 aliphatic carbocycles. The third kappa shape index (κ3) is 2.01. The third-order valence-electron chi connectivity index (χ3n) is 3.20. The number of thiophene rings is 1. The van der Waals surface area contributed by atoms with Gasteiger partial charge >= 0.3 is 0 Å². The Kier molecular flexibility index (Phi) is 2.93. The van der Waals surface area contributed by atoms with Gasteiger partial charge in [-0.2, -0.15) is 0 Å². The van der Waals surface area contributed by atoms with Crippen LogP contribution in [0.25, 0.3) is 10.7 Å². The molecule has 0 bridgehead atoms. The van der Waals surface area contributed by atoms with Gasteiger partial charge in [0, 0.05) is 6.54 Å². The van der Waals surface area contributed by atoms with E-state index in [2.05, 4.69) is 16.5 Å². The van der Waals surface area contributed by atoms with Crippen LogP contribution in [0.3, 0.4) is 0 Å². The molecule has 0 saturated carbocycles. The maximum Gasteiger partial charge on any atom is 0.152 e. The van der Waals surface area contributed by atoms with E-state index in [0.29, 0.717) is 11.1 Å². The number of aromatic nitrogens is 2. The highest BCUT2D eigenvalue weighted by atomic mass is 35.5. The van der Waals surface area contributed by atoms with Crippen LogP contribution in [0.15, 0.2) is 12.1 Å². The Hall–Kier alpha value is -0.510. The fourth-order valence-electron chi connectivity index (χ4n) is 2.30. The normalized spacial score (nSPS) is 19.4. The predicted molar refractivity (Wildman–Crippen MR) is 73.0 cm³/mol. The molecule has 0 spiro atoms. The predicted octanol–water partition coefficient (Wildman–Crippen LogP) is 4.50. The molecule has 0 N–H and O–H groups in total. The summed E-state index contributed by atoms with van der Waals surface area (Å²) in [6.07, 6.45) is 2.21. The number of halogens is 2. The number of hydrogen-bond donors (Lipinski definition) is 0. The van der Waals surface area contributed by atoms with Crippen LogP contribution in [0.2, 0.25) is 9.49 Å². The van der Waals surface area contributed by atoms with Crippen molar-refractivity contribution in [1.29, 1.82) is 0 Å². The zero-order valence-corrected chi connectivity index (χ0v) is 11.7. The van der Waals surface area contributed by atoms with Crippen LogP contribution in [-0.2, 0) is 13.0 Å². The Balaban J connectivity index is 2.10. The summed E-state index contributed by atoms with van der Waals surface area (Å²) >= 11 is 13.7. The maximum atomic E-state index is 6.22. The van der Waals surface area contributed by atoms with Crippen molar-refractivity contribution in [3.8, 4) is 10.7 Å². The molecule has 1 aliphatic rings. The molecule has 3 rings (SSSR count). The van der Waals surface area contributed by atoms with E-state index < -0.39 is 0 Å². The zero-order valence-electron chi connectivity index (χ0n) is 9.41. The average molecular weight is 287 g/mol. The first-order valence-corrected chi connectivity index (χ1v) is 7.23. The topological polar surface area (TPSA) is 17.8 Å². The molecule has 0 aromatic carbocycles. The molecule has 1 aliphatic heterocycles. The van der Waals surface area contributed by atoms with E-state index >= 15 is 0 Å². The summed E-state index contributed by atoms with van der Waals surface area (Å²) in [6, 6.07) is 3.92. The lowest BCUT2D eigenvalue weighted by atomic mass is 9.98. The molecule has 1 unspecified atom stereocenters. The van der Waals surface area contributed by atoms with Gasteiger partial charge in [-0.05, 0) is 30.9 Å². The van der Waals surface area contributed by atoms with Gasteiger partial charge in [-0.25, -0.2) is 4.98 Å². The van der Waals surface area contributed by atoms with Crippen molar-refractivity contribution in [2.45, 2.75) is 26.3 Å². The van der Waals surface area contributed by atoms with E-state index in [1.165, 1.54) is 12.1 Å². The molecule has 17 heavy (non-hydrogen) atoms. The summed E-state index contributed by atoms with van der Waals surface area (Å²) in [5.41, 5.74) is 1.17. The Morgan fingerprint density at radius 2 is 2.24 bits per heavy atom. The van der Waals surface area contributed by atoms with Gasteiger partial charge in [-0.1, -0.05) is 30.1 Å². The second-order valence-electron chi connectivity index (χ2n) is 4.53. The highest BCUT2D eigenvalue weighted by molar-refractivity contribution is 7.19. The van der Waals surface area contributed by atoms with E-state index in [9.17, 15) is 0 Å². The van der Waals surface area contributed by atoms with Crippen molar-refractivity contribution in [2.75, 3.05) is 0 Å². The van der Waals surface area contributed by atoms with Crippen molar-refractivity contribution in [2.24, 2.45) is 5.92 Å². The summed E-state index contributed by atoms with van der Waals surface area (Å²) in [4.78, 5) is 5.59. The SMILES string of the molecule is CC1CCn2c(-c3ccc(Cl)s3)nc(Cl)c2C1. The van der Waals surface area contributed by atoms with Gasteiger partial charge in [0.05, 0.1) is 14.9 Å². The van der Waals surface area contributed by atoms with E-state index in [0.717, 1.165) is 28.0 Å². The Morgan fingerprint density at radius 1 is 1.41 bits per heavy atom. The largest absolute Gasteiger partial charge is 0.326 e. The number of fused-ring (bicyclic) bond motifs is 1. The van der Waals surface area contributed by atoms with E-state index in [4.69, 9.17) is 23.2 Å². The van der Waals surface area contributed by atoms with Crippen LogP contribution in [0.5, 0.6) is 0 Å². The van der Waals surface area contributed by atoms with Gasteiger partial charge < -0.3 is 4.57 Å². The first-order chi connectivity index (χ1) is 8.15. The molecule has 90 valence electrons. The van der Waals surface area contributed by atoms with Crippen LogP contribution in [0.4, 0.5) is 0 Å². The van der Waals surface area contributed by atoms with E-state index in [1.54, 1.807) is 11.3 Å². The Labute approximate surface area is 114 Å². The van der Waals surface area contributed by atoms with Crippen molar-refractivity contribution in [1.82, 2.24) is 9.55 Å². The summed E-state index contributed by atoms with van der Waals surface area (Å²) in [5.74, 6) is 1.66. The lowest BCUT2D eigenvalue weighted by molar-refractivity contribution is 0.419. The fourth-order valence-corrected chi connectivity index (χ4v) is 3.60. The maximum absolute atomic E-state index is 6.22. The Morgan fingerprint density at radius 3 is 2.94 bits per heavy atom. The summed E-state index contributed by atoms with van der Waals surface area (Å²) in [6.45, 7) is 3.26. The number of rotatable bonds is 1. The number of hydrogen-bond acceptors (Lipinski definition) is 2. The molecule has 0 radical (unpaired) electrons. The summed E-state index contributed by atoms with van der Waals surface area (Å²) < 4.78 is 3.03. The molecular weight excluding hydrogens is 275 g/mol. The van der Waals surface area contributed by atoms with Gasteiger partial charge in [0.2, 0.25) is 0 Å². The smallest absolute Gasteiger partial charge is 0.152 e. The van der Waals surface area contributed by atoms with Crippen LogP contribution in [0.1, 0.15) is 19.0 Å². The lowest BCUT2D eigenvalue weighted by Crippen LogP contribution is -2.17. The zero-order chi connectivity index (χ0) is 12.0. The average Bonchev–Trinajstić information content (AvgIpc) is 2.84. The van der Waals surface area contributed by atoms with Crippen molar-refractivity contribution in [3.63, 3.8) is 0 Å². The molecule has 2 aromatic rings. The summed E-state index contributed by atoms with van der Waals surface area (Å²) in [5, 5.41) is 0.649. The first-order valence-electron chi connectivity index (χ1n) is 5.65. The van der Waals surface area contributed by atoms with Crippen molar-refractivity contribution >= 4 is 34.5 Å². The molecule has 0 saturated heterocycles. The number of imidazole rings is 1. The molecule has 2 aromatic heterocycles. The molecule has 3 heterocycles. The summed E-state index contributed by atoms with van der Waals surface area (Å²) in [7, 11) is 0. The van der Waals surface area contributed by atoms with Crippen LogP contribution in [0, 0.1) is 5.92 Å². The highest BCUT2D eigenvalue weighted by Gasteiger charge is 2.23. The van der Waals surface area contributed by atoms with Crippen LogP contribution >= 0.6 is 34.5 Å². The second kappa shape index (κ2) is 4.30. The molecule has 5 heteroatoms. The quantitative estimate of drug-likeness (QED) is 0.755. The minimum absolute atomic E-state index is 0.649. The van der Waals surface area contributed by atoms with Gasteiger partial charge in [0.15, 0.2) is 11.0 Å². The van der Waals surface area contributed by atoms with Gasteiger partial charge in [-0.15, -0.1) is 11.3 Å². The van der Waals surface area contributed by atoms with Crippen LogP contribution in [-0.4, -0.2) is 9.55 Å². The monoisotopic (exact) mass is 286 g/mol. The molecule has 0 fully saturated rings. The lowest BCUT2D eigenvalue weighted by Gasteiger charge is -2.21. The third-order valence-corrected chi connectivity index (χ3v) is 4.73. The molecule has 0 amide bonds. The fraction of sp³-hybridized carbons (Fsp3) is 0.417. The second-order valence-corrected chi connectivity index (χ2v) is 6.60. The molecule has 2 nitrogen and oxygen atoms in total. The Bertz CT molecular complexity index is 559. The minimum atomic E-state index is 0.649. The van der Waals surface area contributed by atoms with E-state index in [1.807, 2.05) is 12.1 Å². The molecular formula is C12H12Cl2N2S. The van der Waals surface area contributed by atoms with Gasteiger partial charge in [-0.3, -0.25) is 0 Å². The minimum Gasteiger partial charge on any atom is -0.326 e. The van der Waals surface area contributed by atoms with Crippen LogP contribution < -0.4 is 0 Å². The van der Waals surface area contributed by atoms with Gasteiger partial charge in [0.25, 0.3) is 0 Å². The van der Waals surface area contributed by atoms with E-state index in [-0.39, 0.29) is 0 Å². The van der Waals surface area contributed by atoms with Crippen molar-refractivity contribution < 1.29 is 0 Å². The first kappa shape index (κ1) is 11.6. The standard InChI is InChI=1S/C12H12Cl2N2S/c1-7-4-5-16-8(6-7)11(14)15-12(16)9-2-3-10(13)17-9/h2-3,7H,4-6H2,1H3.